The van der Waals surface area contributed by atoms with Gasteiger partial charge in [-0.05, 0) is 79.4 Å². The molecule has 0 aromatic heterocycles. The van der Waals surface area contributed by atoms with Gasteiger partial charge in [0.05, 0.1) is 28.3 Å². The second-order valence-corrected chi connectivity index (χ2v) is 11.1. The minimum atomic E-state index is -0.270. The lowest BCUT2D eigenvalue weighted by Gasteiger charge is -2.64. The Morgan fingerprint density at radius 3 is 2.34 bits per heavy atom. The average molecular weight is 437 g/mol. The lowest BCUT2D eigenvalue weighted by molar-refractivity contribution is -0.170. The van der Waals surface area contributed by atoms with Crippen molar-refractivity contribution in [3.63, 3.8) is 0 Å². The smallest absolute Gasteiger partial charge is 0.246 e. The van der Waals surface area contributed by atoms with Crippen molar-refractivity contribution in [2.75, 3.05) is 6.61 Å². The Labute approximate surface area is 183 Å². The molecule has 0 aliphatic heterocycles. The number of ether oxygens (including phenoxy) is 1. The molecule has 0 spiro atoms. The molecule has 4 bridgehead atoms. The molecule has 29 heavy (non-hydrogen) atoms. The molecule has 2 atom stereocenters. The van der Waals surface area contributed by atoms with Gasteiger partial charge in [0.2, 0.25) is 5.91 Å². The molecule has 1 amide bonds. The van der Waals surface area contributed by atoms with Crippen LogP contribution in [0.2, 0.25) is 10.0 Å². The van der Waals surface area contributed by atoms with Crippen molar-refractivity contribution in [3.8, 4) is 5.75 Å². The number of hydrogen-bond acceptors (Lipinski definition) is 3. The predicted octanol–water partition coefficient (Wildman–Crippen LogP) is 6.23. The number of nitrogens with zero attached hydrogens (tertiary/aromatic N) is 1. The SMILES string of the molecule is CCCOc1c(Cl)cc(/C=N/NC(=O)C23CC4CC(C)(CC(C)(C4)C2)C3)cc1Cl. The first-order chi connectivity index (χ1) is 13.7. The Kier molecular flexibility index (Phi) is 5.40. The molecular weight excluding hydrogens is 407 g/mol. The molecule has 1 aromatic carbocycles. The van der Waals surface area contributed by atoms with Crippen LogP contribution in [0.25, 0.3) is 0 Å². The summed E-state index contributed by atoms with van der Waals surface area (Å²) in [5.41, 5.74) is 3.88. The van der Waals surface area contributed by atoms with E-state index in [0.29, 0.717) is 39.1 Å². The molecule has 158 valence electrons. The zero-order valence-electron chi connectivity index (χ0n) is 17.5. The van der Waals surface area contributed by atoms with Crippen LogP contribution < -0.4 is 10.2 Å². The third-order valence-electron chi connectivity index (χ3n) is 6.96. The Bertz CT molecular complexity index is 812. The van der Waals surface area contributed by atoms with Crippen molar-refractivity contribution in [2.45, 2.75) is 65.7 Å². The molecule has 2 unspecified atom stereocenters. The zero-order chi connectivity index (χ0) is 20.9. The summed E-state index contributed by atoms with van der Waals surface area (Å²) in [6.45, 7) is 7.32. The maximum atomic E-state index is 13.2. The fourth-order valence-electron chi connectivity index (χ4n) is 6.98. The van der Waals surface area contributed by atoms with Crippen LogP contribution >= 0.6 is 23.2 Å². The standard InChI is InChI=1S/C23H30Cl2N2O2/c1-4-5-29-19-17(24)6-15(7-18(19)25)11-26-27-20(28)23-10-16-8-21(2,13-23)12-22(3,9-16)14-23/h6-7,11,16H,4-5,8-10,12-14H2,1-3H3,(H,27,28)/b26-11+. The minimum Gasteiger partial charge on any atom is -0.490 e. The van der Waals surface area contributed by atoms with Gasteiger partial charge in [0.25, 0.3) is 0 Å². The van der Waals surface area contributed by atoms with E-state index in [9.17, 15) is 4.79 Å². The first-order valence-electron chi connectivity index (χ1n) is 10.6. The summed E-state index contributed by atoms with van der Waals surface area (Å²) >= 11 is 12.6. The molecule has 4 fully saturated rings. The number of carbonyl (C=O) groups excluding carboxylic acids is 1. The minimum absolute atomic E-state index is 0.0652. The molecular formula is C23H30Cl2N2O2. The molecule has 4 aliphatic carbocycles. The lowest BCUT2D eigenvalue weighted by atomic mass is 9.40. The first-order valence-corrected chi connectivity index (χ1v) is 11.4. The highest BCUT2D eigenvalue weighted by molar-refractivity contribution is 6.37. The zero-order valence-corrected chi connectivity index (χ0v) is 19.0. The van der Waals surface area contributed by atoms with Gasteiger partial charge in [-0.1, -0.05) is 44.0 Å². The normalized spacial score (nSPS) is 35.3. The van der Waals surface area contributed by atoms with Crippen molar-refractivity contribution >= 4 is 35.3 Å². The number of hydrazone groups is 1. The van der Waals surface area contributed by atoms with Gasteiger partial charge in [0, 0.05) is 0 Å². The number of hydrogen-bond donors (Lipinski definition) is 1. The summed E-state index contributed by atoms with van der Waals surface area (Å²) in [6.07, 6.45) is 9.22. The summed E-state index contributed by atoms with van der Waals surface area (Å²) < 4.78 is 5.59. The summed E-state index contributed by atoms with van der Waals surface area (Å²) in [5.74, 6) is 1.23. The van der Waals surface area contributed by atoms with Gasteiger partial charge in [0.15, 0.2) is 5.75 Å². The third-order valence-corrected chi connectivity index (χ3v) is 7.52. The molecule has 0 saturated heterocycles. The molecule has 1 N–H and O–H groups in total. The van der Waals surface area contributed by atoms with Crippen LogP contribution in [0.1, 0.15) is 71.3 Å². The molecule has 6 heteroatoms. The van der Waals surface area contributed by atoms with E-state index < -0.39 is 0 Å². The molecule has 4 saturated carbocycles. The number of amides is 1. The fourth-order valence-corrected chi connectivity index (χ4v) is 7.59. The van der Waals surface area contributed by atoms with Gasteiger partial charge >= 0.3 is 0 Å². The predicted molar refractivity (Wildman–Crippen MR) is 118 cm³/mol. The van der Waals surface area contributed by atoms with E-state index >= 15 is 0 Å². The van der Waals surface area contributed by atoms with Crippen molar-refractivity contribution in [3.05, 3.63) is 27.7 Å². The summed E-state index contributed by atoms with van der Waals surface area (Å²) in [4.78, 5) is 13.2. The second-order valence-electron chi connectivity index (χ2n) is 10.3. The monoisotopic (exact) mass is 436 g/mol. The maximum absolute atomic E-state index is 13.2. The number of halogens is 2. The summed E-state index contributed by atoms with van der Waals surface area (Å²) in [7, 11) is 0. The Hall–Kier alpha value is -1.26. The largest absolute Gasteiger partial charge is 0.490 e. The summed E-state index contributed by atoms with van der Waals surface area (Å²) in [6, 6.07) is 3.50. The highest BCUT2D eigenvalue weighted by Gasteiger charge is 2.62. The van der Waals surface area contributed by atoms with Gasteiger partial charge in [-0.25, -0.2) is 5.43 Å². The topological polar surface area (TPSA) is 50.7 Å². The number of benzene rings is 1. The average Bonchev–Trinajstić information content (AvgIpc) is 2.58. The van der Waals surface area contributed by atoms with E-state index in [-0.39, 0.29) is 11.3 Å². The van der Waals surface area contributed by atoms with Crippen molar-refractivity contribution in [1.82, 2.24) is 5.43 Å². The van der Waals surface area contributed by atoms with Gasteiger partial charge in [-0.3, -0.25) is 4.79 Å². The van der Waals surface area contributed by atoms with E-state index in [0.717, 1.165) is 31.2 Å². The summed E-state index contributed by atoms with van der Waals surface area (Å²) in [5, 5.41) is 5.13. The van der Waals surface area contributed by atoms with Crippen molar-refractivity contribution in [1.29, 1.82) is 0 Å². The van der Waals surface area contributed by atoms with Crippen LogP contribution in [-0.4, -0.2) is 18.7 Å². The van der Waals surface area contributed by atoms with E-state index in [1.165, 1.54) is 19.3 Å². The van der Waals surface area contributed by atoms with E-state index in [2.05, 4.69) is 24.4 Å². The molecule has 1 aromatic rings. The van der Waals surface area contributed by atoms with Crippen molar-refractivity contribution in [2.24, 2.45) is 27.3 Å². The first kappa shape index (κ1) is 21.0. The van der Waals surface area contributed by atoms with Gasteiger partial charge in [0.1, 0.15) is 0 Å². The number of nitrogens with one attached hydrogen (secondary N) is 1. The fraction of sp³-hybridized carbons (Fsp3) is 0.652. The lowest BCUT2D eigenvalue weighted by Crippen LogP contribution is -2.59. The third kappa shape index (κ3) is 4.03. The van der Waals surface area contributed by atoms with Gasteiger partial charge < -0.3 is 4.74 Å². The Morgan fingerprint density at radius 1 is 1.17 bits per heavy atom. The molecule has 0 radical (unpaired) electrons. The number of carbonyl (C=O) groups is 1. The van der Waals surface area contributed by atoms with Crippen molar-refractivity contribution < 1.29 is 9.53 Å². The Morgan fingerprint density at radius 2 is 1.79 bits per heavy atom. The van der Waals surface area contributed by atoms with Crippen LogP contribution in [0.5, 0.6) is 5.75 Å². The van der Waals surface area contributed by atoms with Crippen LogP contribution in [-0.2, 0) is 4.79 Å². The van der Waals surface area contributed by atoms with Crippen LogP contribution in [0.4, 0.5) is 0 Å². The quantitative estimate of drug-likeness (QED) is 0.424. The van der Waals surface area contributed by atoms with Crippen LogP contribution in [0.15, 0.2) is 17.2 Å². The van der Waals surface area contributed by atoms with E-state index in [1.54, 1.807) is 18.3 Å². The molecule has 4 aliphatic rings. The van der Waals surface area contributed by atoms with Gasteiger partial charge in [-0.2, -0.15) is 5.10 Å². The van der Waals surface area contributed by atoms with Crippen LogP contribution in [0.3, 0.4) is 0 Å². The highest BCUT2D eigenvalue weighted by atomic mass is 35.5. The maximum Gasteiger partial charge on any atom is 0.246 e. The number of rotatable bonds is 6. The van der Waals surface area contributed by atoms with E-state index in [1.807, 2.05) is 6.92 Å². The van der Waals surface area contributed by atoms with Crippen LogP contribution in [0, 0.1) is 22.2 Å². The van der Waals surface area contributed by atoms with E-state index in [4.69, 9.17) is 27.9 Å². The Balaban J connectivity index is 1.46. The van der Waals surface area contributed by atoms with Gasteiger partial charge in [-0.15, -0.1) is 0 Å². The molecule has 0 heterocycles. The highest BCUT2D eigenvalue weighted by Crippen LogP contribution is 2.69. The second kappa shape index (κ2) is 7.46. The molecule has 5 rings (SSSR count). The molecule has 4 nitrogen and oxygen atoms in total.